The smallest absolute Gasteiger partial charge is 0.124 e. The van der Waals surface area contributed by atoms with E-state index in [2.05, 4.69) is 20.4 Å². The molecule has 19 heavy (non-hydrogen) atoms. The molecule has 3 heterocycles. The zero-order valence-electron chi connectivity index (χ0n) is 11.0. The average molecular weight is 261 g/mol. The van der Waals surface area contributed by atoms with Gasteiger partial charge < -0.3 is 9.42 Å². The maximum absolute atomic E-state index is 4.80. The molecule has 0 unspecified atom stereocenters. The maximum Gasteiger partial charge on any atom is 0.124 e. The van der Waals surface area contributed by atoms with E-state index >= 15 is 0 Å². The average Bonchev–Trinajstić information content (AvgIpc) is 3.10. The number of hydrogen-bond donors (Lipinski definition) is 0. The van der Waals surface area contributed by atoms with Crippen molar-refractivity contribution in [3.05, 3.63) is 29.9 Å². The van der Waals surface area contributed by atoms with Crippen LogP contribution in [-0.2, 0) is 13.0 Å². The minimum absolute atomic E-state index is 0.618. The minimum atomic E-state index is 0.618. The molecule has 2 aromatic heterocycles. The molecule has 1 aliphatic rings. The highest BCUT2D eigenvalue weighted by atomic mass is 16.5. The van der Waals surface area contributed by atoms with Gasteiger partial charge in [0.1, 0.15) is 12.0 Å². The lowest BCUT2D eigenvalue weighted by Gasteiger charge is -2.25. The molecule has 0 aliphatic carbocycles. The van der Waals surface area contributed by atoms with E-state index in [9.17, 15) is 0 Å². The van der Waals surface area contributed by atoms with Crippen LogP contribution in [0, 0.1) is 0 Å². The molecule has 0 atom stereocenters. The third-order valence-electron chi connectivity index (χ3n) is 3.53. The van der Waals surface area contributed by atoms with Crippen molar-refractivity contribution in [2.75, 3.05) is 19.6 Å². The van der Waals surface area contributed by atoms with E-state index in [1.165, 1.54) is 32.4 Å². The van der Waals surface area contributed by atoms with Crippen LogP contribution in [0.1, 0.15) is 30.7 Å². The summed E-state index contributed by atoms with van der Waals surface area (Å²) in [6.07, 6.45) is 8.59. The predicted octanol–water partition coefficient (Wildman–Crippen LogP) is 1.34. The summed E-state index contributed by atoms with van der Waals surface area (Å²) in [4.78, 5) is 2.51. The zero-order chi connectivity index (χ0) is 12.9. The number of rotatable bonds is 5. The van der Waals surface area contributed by atoms with Crippen LogP contribution in [0.15, 0.2) is 23.0 Å². The molecule has 1 aliphatic heterocycles. The van der Waals surface area contributed by atoms with Crippen LogP contribution < -0.4 is 0 Å². The van der Waals surface area contributed by atoms with Crippen LogP contribution in [0.25, 0.3) is 0 Å². The fraction of sp³-hybridized carbons (Fsp3) is 0.615. The van der Waals surface area contributed by atoms with E-state index in [0.29, 0.717) is 6.54 Å². The second-order valence-corrected chi connectivity index (χ2v) is 5.05. The van der Waals surface area contributed by atoms with E-state index in [-0.39, 0.29) is 0 Å². The van der Waals surface area contributed by atoms with Crippen LogP contribution in [-0.4, -0.2) is 44.7 Å². The van der Waals surface area contributed by atoms with Crippen LogP contribution >= 0.6 is 0 Å². The summed E-state index contributed by atoms with van der Waals surface area (Å²) < 4.78 is 6.61. The number of nitrogens with zero attached hydrogens (tertiary/aromatic N) is 5. The molecule has 1 fully saturated rings. The molecule has 6 nitrogen and oxygen atoms in total. The first-order chi connectivity index (χ1) is 9.40. The number of hydrogen-bond acceptors (Lipinski definition) is 5. The highest BCUT2D eigenvalue weighted by molar-refractivity contribution is 4.99. The molecule has 0 N–H and O–H groups in total. The van der Waals surface area contributed by atoms with Crippen molar-refractivity contribution in [3.63, 3.8) is 0 Å². The molecule has 0 aromatic carbocycles. The third kappa shape index (κ3) is 3.41. The Kier molecular flexibility index (Phi) is 3.88. The molecule has 102 valence electrons. The lowest BCUT2D eigenvalue weighted by molar-refractivity contribution is 0.231. The minimum Gasteiger partial charge on any atom is -0.364 e. The van der Waals surface area contributed by atoms with Crippen molar-refractivity contribution in [3.8, 4) is 0 Å². The van der Waals surface area contributed by atoms with Crippen LogP contribution in [0.2, 0.25) is 0 Å². The summed E-state index contributed by atoms with van der Waals surface area (Å²) in [5, 5.41) is 12.2. The molecule has 0 saturated carbocycles. The van der Waals surface area contributed by atoms with Crippen molar-refractivity contribution >= 4 is 0 Å². The molecule has 0 bridgehead atoms. The van der Waals surface area contributed by atoms with Crippen LogP contribution in [0.3, 0.4) is 0 Å². The van der Waals surface area contributed by atoms with Crippen molar-refractivity contribution in [2.45, 2.75) is 32.2 Å². The second-order valence-electron chi connectivity index (χ2n) is 5.05. The highest BCUT2D eigenvalue weighted by Crippen LogP contribution is 2.09. The van der Waals surface area contributed by atoms with Gasteiger partial charge in [0.05, 0.1) is 12.2 Å². The van der Waals surface area contributed by atoms with E-state index in [1.54, 1.807) is 6.26 Å². The normalized spacial score (nSPS) is 16.8. The summed E-state index contributed by atoms with van der Waals surface area (Å²) in [5.41, 5.74) is 1.92. The molecule has 2 aromatic rings. The Balaban J connectivity index is 1.50. The first kappa shape index (κ1) is 12.3. The van der Waals surface area contributed by atoms with Crippen molar-refractivity contribution in [1.82, 2.24) is 25.1 Å². The molecule has 0 amide bonds. The van der Waals surface area contributed by atoms with Gasteiger partial charge in [-0.1, -0.05) is 16.8 Å². The molecular formula is C13H19N5O. The number of aromatic nitrogens is 4. The number of likely N-dealkylation sites (tertiary alicyclic amines) is 1. The lowest BCUT2D eigenvalue weighted by Crippen LogP contribution is -2.31. The fourth-order valence-electron chi connectivity index (χ4n) is 2.47. The van der Waals surface area contributed by atoms with E-state index < -0.39 is 0 Å². The Hall–Kier alpha value is -1.69. The maximum atomic E-state index is 4.80. The Bertz CT molecular complexity index is 487. The molecule has 1 saturated heterocycles. The summed E-state index contributed by atoms with van der Waals surface area (Å²) in [7, 11) is 0. The molecule has 0 spiro atoms. The van der Waals surface area contributed by atoms with Gasteiger partial charge in [0, 0.05) is 25.2 Å². The van der Waals surface area contributed by atoms with E-state index in [1.807, 2.05) is 16.9 Å². The summed E-state index contributed by atoms with van der Waals surface area (Å²) in [6.45, 7) is 4.16. The van der Waals surface area contributed by atoms with E-state index in [4.69, 9.17) is 4.52 Å². The van der Waals surface area contributed by atoms with Gasteiger partial charge >= 0.3 is 0 Å². The lowest BCUT2D eigenvalue weighted by atomic mass is 10.1. The predicted molar refractivity (Wildman–Crippen MR) is 69.6 cm³/mol. The van der Waals surface area contributed by atoms with Gasteiger partial charge in [-0.3, -0.25) is 0 Å². The van der Waals surface area contributed by atoms with Gasteiger partial charge in [-0.2, -0.15) is 0 Å². The first-order valence-corrected chi connectivity index (χ1v) is 6.91. The summed E-state index contributed by atoms with van der Waals surface area (Å²) in [6, 6.07) is 1.84. The zero-order valence-corrected chi connectivity index (χ0v) is 11.0. The highest BCUT2D eigenvalue weighted by Gasteiger charge is 2.11. The summed E-state index contributed by atoms with van der Waals surface area (Å²) in [5.74, 6) is 0. The number of piperidine rings is 1. The Morgan fingerprint density at radius 1 is 1.16 bits per heavy atom. The van der Waals surface area contributed by atoms with Crippen LogP contribution in [0.5, 0.6) is 0 Å². The largest absolute Gasteiger partial charge is 0.364 e. The first-order valence-electron chi connectivity index (χ1n) is 6.91. The van der Waals surface area contributed by atoms with Gasteiger partial charge in [-0.25, -0.2) is 4.68 Å². The monoisotopic (exact) mass is 261 g/mol. The summed E-state index contributed by atoms with van der Waals surface area (Å²) >= 11 is 0. The van der Waals surface area contributed by atoms with Crippen molar-refractivity contribution in [2.24, 2.45) is 0 Å². The second kappa shape index (κ2) is 5.97. The topological polar surface area (TPSA) is 60.0 Å². The van der Waals surface area contributed by atoms with Crippen molar-refractivity contribution in [1.29, 1.82) is 0 Å². The third-order valence-corrected chi connectivity index (χ3v) is 3.53. The SMILES string of the molecule is c1cc(Cn2cc(CCN3CCCCC3)nn2)no1. The van der Waals surface area contributed by atoms with Crippen molar-refractivity contribution < 1.29 is 4.52 Å². The van der Waals surface area contributed by atoms with Gasteiger partial charge in [-0.15, -0.1) is 5.10 Å². The van der Waals surface area contributed by atoms with E-state index in [0.717, 1.165) is 24.4 Å². The quantitative estimate of drug-likeness (QED) is 0.813. The Labute approximate surface area is 112 Å². The fourth-order valence-corrected chi connectivity index (χ4v) is 2.47. The van der Waals surface area contributed by atoms with Gasteiger partial charge in [0.25, 0.3) is 0 Å². The van der Waals surface area contributed by atoms with Crippen LogP contribution in [0.4, 0.5) is 0 Å². The molecule has 6 heteroatoms. The standard InChI is InChI=1S/C13H19N5O/c1-2-6-17(7-3-1)8-4-12-10-18(16-14-12)11-13-5-9-19-15-13/h5,9-10H,1-4,6-8,11H2. The molecule has 3 rings (SSSR count). The molecular weight excluding hydrogens is 242 g/mol. The van der Waals surface area contributed by atoms with Gasteiger partial charge in [0.15, 0.2) is 0 Å². The van der Waals surface area contributed by atoms with Gasteiger partial charge in [-0.05, 0) is 25.9 Å². The Morgan fingerprint density at radius 3 is 2.84 bits per heavy atom. The van der Waals surface area contributed by atoms with Gasteiger partial charge in [0.2, 0.25) is 0 Å². The Morgan fingerprint density at radius 2 is 2.05 bits per heavy atom. The molecule has 0 radical (unpaired) electrons.